The van der Waals surface area contributed by atoms with E-state index in [1.54, 1.807) is 6.20 Å². The zero-order chi connectivity index (χ0) is 15.9. The van der Waals surface area contributed by atoms with E-state index in [9.17, 15) is 0 Å². The summed E-state index contributed by atoms with van der Waals surface area (Å²) in [5.41, 5.74) is 3.06. The van der Waals surface area contributed by atoms with Gasteiger partial charge in [-0.1, -0.05) is 23.4 Å². The molecule has 8 heteroatoms. The first-order valence-corrected chi connectivity index (χ1v) is 8.93. The van der Waals surface area contributed by atoms with Crippen LogP contribution in [0.25, 0.3) is 11.0 Å². The van der Waals surface area contributed by atoms with Crippen molar-refractivity contribution in [1.29, 1.82) is 0 Å². The Kier molecular flexibility index (Phi) is 6.76. The topological polar surface area (TPSA) is 54.5 Å². The lowest BCUT2D eigenvalue weighted by atomic mass is 10.1. The van der Waals surface area contributed by atoms with Crippen molar-refractivity contribution in [2.75, 3.05) is 11.6 Å². The molecule has 0 atom stereocenters. The van der Waals surface area contributed by atoms with E-state index < -0.39 is 0 Å². The summed E-state index contributed by atoms with van der Waals surface area (Å²) in [6.45, 7) is 0. The summed E-state index contributed by atoms with van der Waals surface area (Å²) in [6, 6.07) is 1.92. The van der Waals surface area contributed by atoms with Crippen molar-refractivity contribution < 1.29 is 0 Å². The summed E-state index contributed by atoms with van der Waals surface area (Å²) < 4.78 is 0. The number of nitrogens with one attached hydrogen (secondary N) is 1. The van der Waals surface area contributed by atoms with Crippen molar-refractivity contribution in [3.63, 3.8) is 0 Å². The Morgan fingerprint density at radius 1 is 1.14 bits per heavy atom. The van der Waals surface area contributed by atoms with Gasteiger partial charge in [-0.05, 0) is 23.4 Å². The van der Waals surface area contributed by atoms with Gasteiger partial charge in [0.2, 0.25) is 0 Å². The van der Waals surface area contributed by atoms with Crippen LogP contribution < -0.4 is 0 Å². The molecular weight excluding hydrogens is 363 g/mol. The Bertz CT molecular complexity index is 731. The summed E-state index contributed by atoms with van der Waals surface area (Å²) in [4.78, 5) is 15.9. The molecule has 0 aliphatic carbocycles. The Balaban J connectivity index is 0.000000545. The molecule has 3 aromatic heterocycles. The average Bonchev–Trinajstić information content (AvgIpc) is 2.91. The number of alkyl halides is 2. The summed E-state index contributed by atoms with van der Waals surface area (Å²) >= 11 is 17.0. The van der Waals surface area contributed by atoms with E-state index >= 15 is 0 Å². The molecule has 116 valence electrons. The number of hydrogen-bond donors (Lipinski definition) is 1. The van der Waals surface area contributed by atoms with Gasteiger partial charge in [-0.25, -0.2) is 15.0 Å². The number of thioether (sulfide) groups is 1. The van der Waals surface area contributed by atoms with E-state index in [2.05, 4.69) is 19.9 Å². The summed E-state index contributed by atoms with van der Waals surface area (Å²) in [5.74, 6) is 0. The molecule has 3 aromatic rings. The summed E-state index contributed by atoms with van der Waals surface area (Å²) in [6.07, 6.45) is 10.0. The molecule has 0 aromatic carbocycles. The van der Waals surface area contributed by atoms with Gasteiger partial charge in [-0.15, -0.1) is 23.2 Å². The van der Waals surface area contributed by atoms with Crippen molar-refractivity contribution >= 4 is 57.6 Å². The second-order valence-corrected chi connectivity index (χ2v) is 6.24. The summed E-state index contributed by atoms with van der Waals surface area (Å²) in [7, 11) is 0. The van der Waals surface area contributed by atoms with Crippen LogP contribution in [0.15, 0.2) is 36.0 Å². The number of H-pyrrole nitrogens is 1. The summed E-state index contributed by atoms with van der Waals surface area (Å²) in [5, 5.41) is 2.66. The van der Waals surface area contributed by atoms with Gasteiger partial charge in [-0.2, -0.15) is 0 Å². The minimum atomic E-state index is 0.194. The largest absolute Gasteiger partial charge is 0.346 e. The first-order valence-electron chi connectivity index (χ1n) is 6.26. The van der Waals surface area contributed by atoms with Crippen molar-refractivity contribution in [3.8, 4) is 0 Å². The highest BCUT2D eigenvalue weighted by molar-refractivity contribution is 7.98. The molecule has 0 bridgehead atoms. The van der Waals surface area contributed by atoms with E-state index in [0.29, 0.717) is 5.02 Å². The number of halogens is 3. The van der Waals surface area contributed by atoms with Gasteiger partial charge in [0, 0.05) is 36.6 Å². The van der Waals surface area contributed by atoms with Crippen LogP contribution in [-0.2, 0) is 6.42 Å². The van der Waals surface area contributed by atoms with Gasteiger partial charge >= 0.3 is 0 Å². The maximum atomic E-state index is 5.99. The highest BCUT2D eigenvalue weighted by atomic mass is 35.5. The van der Waals surface area contributed by atoms with Crippen LogP contribution in [0, 0.1) is 0 Å². The number of nitrogens with zero attached hydrogens (tertiary/aromatic N) is 3. The number of aromatic amines is 1. The van der Waals surface area contributed by atoms with Gasteiger partial charge < -0.3 is 4.98 Å². The molecule has 0 aliphatic rings. The molecule has 3 rings (SSSR count). The highest BCUT2D eigenvalue weighted by Gasteiger charge is 2.07. The van der Waals surface area contributed by atoms with Crippen LogP contribution in [-0.4, -0.2) is 31.5 Å². The molecule has 0 fully saturated rings. The second kappa shape index (κ2) is 8.58. The molecule has 0 saturated heterocycles. The maximum absolute atomic E-state index is 5.99. The normalized spacial score (nSPS) is 10.4. The predicted octanol–water partition coefficient (Wildman–Crippen LogP) is 4.74. The van der Waals surface area contributed by atoms with Gasteiger partial charge in [0.15, 0.2) is 5.16 Å². The third kappa shape index (κ3) is 4.49. The molecule has 0 unspecified atom stereocenters. The van der Waals surface area contributed by atoms with Crippen LogP contribution in [0.5, 0.6) is 0 Å². The Labute approximate surface area is 147 Å². The fourth-order valence-electron chi connectivity index (χ4n) is 1.94. The van der Waals surface area contributed by atoms with Gasteiger partial charge in [0.25, 0.3) is 0 Å². The van der Waals surface area contributed by atoms with Crippen molar-refractivity contribution in [3.05, 3.63) is 47.0 Å². The highest BCUT2D eigenvalue weighted by Crippen LogP contribution is 2.22. The zero-order valence-electron chi connectivity index (χ0n) is 11.7. The van der Waals surface area contributed by atoms with Crippen LogP contribution in [0.1, 0.15) is 11.1 Å². The molecule has 0 radical (unpaired) electrons. The lowest BCUT2D eigenvalue weighted by molar-refractivity contribution is 0.937. The molecule has 3 heterocycles. The molecule has 0 saturated carbocycles. The number of hydrogen-bond acceptors (Lipinski definition) is 4. The van der Waals surface area contributed by atoms with Crippen molar-refractivity contribution in [2.45, 2.75) is 11.6 Å². The van der Waals surface area contributed by atoms with E-state index in [1.165, 1.54) is 11.8 Å². The predicted molar refractivity (Wildman–Crippen MR) is 94.3 cm³/mol. The molecule has 0 amide bonds. The van der Waals surface area contributed by atoms with E-state index in [0.717, 1.165) is 33.7 Å². The maximum Gasteiger partial charge on any atom is 0.187 e. The van der Waals surface area contributed by atoms with Gasteiger partial charge in [0.1, 0.15) is 5.65 Å². The number of fused-ring (bicyclic) bond motifs is 1. The van der Waals surface area contributed by atoms with Crippen LogP contribution in [0.3, 0.4) is 0 Å². The molecule has 0 spiro atoms. The Hall–Kier alpha value is -1.01. The second-order valence-electron chi connectivity index (χ2n) is 4.22. The average molecular weight is 376 g/mol. The lowest BCUT2D eigenvalue weighted by Gasteiger charge is -2.01. The quantitative estimate of drug-likeness (QED) is 0.408. The van der Waals surface area contributed by atoms with Crippen molar-refractivity contribution in [2.24, 2.45) is 0 Å². The minimum Gasteiger partial charge on any atom is -0.346 e. The van der Waals surface area contributed by atoms with Gasteiger partial charge in [0.05, 0.1) is 10.4 Å². The molecular formula is C14H13Cl3N4S. The number of rotatable bonds is 3. The Morgan fingerprint density at radius 3 is 2.45 bits per heavy atom. The lowest BCUT2D eigenvalue weighted by Crippen LogP contribution is -1.92. The van der Waals surface area contributed by atoms with E-state index in [-0.39, 0.29) is 5.34 Å². The third-order valence-corrected chi connectivity index (χ3v) is 3.62. The van der Waals surface area contributed by atoms with E-state index in [1.807, 2.05) is 30.9 Å². The Morgan fingerprint density at radius 2 is 1.82 bits per heavy atom. The first kappa shape index (κ1) is 17.3. The molecule has 22 heavy (non-hydrogen) atoms. The van der Waals surface area contributed by atoms with Gasteiger partial charge in [-0.3, -0.25) is 0 Å². The number of pyridine rings is 1. The van der Waals surface area contributed by atoms with Crippen LogP contribution >= 0.6 is 46.6 Å². The van der Waals surface area contributed by atoms with Crippen molar-refractivity contribution in [1.82, 2.24) is 19.9 Å². The van der Waals surface area contributed by atoms with E-state index in [4.69, 9.17) is 34.8 Å². The molecule has 0 aliphatic heterocycles. The molecule has 1 N–H and O–H groups in total. The van der Waals surface area contributed by atoms with Crippen LogP contribution in [0.2, 0.25) is 5.02 Å². The number of aromatic nitrogens is 4. The van der Waals surface area contributed by atoms with Crippen LogP contribution in [0.4, 0.5) is 0 Å². The minimum absolute atomic E-state index is 0.194. The first-order chi connectivity index (χ1) is 10.7. The molecule has 4 nitrogen and oxygen atoms in total. The standard InChI is InChI=1S/C13H11ClN4S.CH2Cl2/c1-19-13-17-4-8(5-18-13)2-9-6-15-12-11(9)3-10(14)7-16-12;2-1-3/h3-7H,2H2,1H3,(H,15,16);1H2. The SMILES string of the molecule is CSc1ncc(Cc2c[nH]c3ncc(Cl)cc23)cn1.ClCCl. The fourth-order valence-corrected chi connectivity index (χ4v) is 2.41. The monoisotopic (exact) mass is 374 g/mol. The smallest absolute Gasteiger partial charge is 0.187 e. The zero-order valence-corrected chi connectivity index (χ0v) is 14.8. The fraction of sp³-hybridized carbons (Fsp3) is 0.214. The third-order valence-electron chi connectivity index (χ3n) is 2.84.